The van der Waals surface area contributed by atoms with Crippen molar-refractivity contribution >= 4 is 46.6 Å². The van der Waals surface area contributed by atoms with Crippen molar-refractivity contribution in [2.24, 2.45) is 10.2 Å². The number of carboxylic acids is 1. The van der Waals surface area contributed by atoms with Gasteiger partial charge in [0.25, 0.3) is 0 Å². The smallest absolute Gasteiger partial charge is 0.305 e. The Hall–Kier alpha value is -3.04. The summed E-state index contributed by atoms with van der Waals surface area (Å²) < 4.78 is 11.7. The van der Waals surface area contributed by atoms with Crippen LogP contribution in [0.2, 0.25) is 5.02 Å². The zero-order valence-corrected chi connectivity index (χ0v) is 19.1. The minimum Gasteiger partial charge on any atom is -0.490 e. The Bertz CT molecular complexity index is 1070. The zero-order chi connectivity index (χ0) is 23.1. The molecule has 0 aromatic heterocycles. The number of hydrogen-bond donors (Lipinski definition) is 2. The maximum atomic E-state index is 11.8. The van der Waals surface area contributed by atoms with E-state index in [0.717, 1.165) is 22.9 Å². The number of aryl methyl sites for hydroxylation is 1. The number of thioether (sulfide) groups is 1. The molecule has 2 aromatic rings. The molecule has 0 aliphatic carbocycles. The number of nitrogens with zero attached hydrogens (tertiary/aromatic N) is 2. The molecule has 1 aliphatic rings. The van der Waals surface area contributed by atoms with Crippen LogP contribution in [0.25, 0.3) is 0 Å². The number of aliphatic carboxylic acids is 1. The minimum absolute atomic E-state index is 0.242. The van der Waals surface area contributed by atoms with Crippen LogP contribution in [0.5, 0.6) is 11.5 Å². The largest absolute Gasteiger partial charge is 0.490 e. The Kier molecular flexibility index (Phi) is 8.13. The van der Waals surface area contributed by atoms with E-state index in [4.69, 9.17) is 26.2 Å². The first-order valence-electron chi connectivity index (χ1n) is 9.81. The van der Waals surface area contributed by atoms with E-state index in [9.17, 15) is 9.59 Å². The number of carbonyl (C=O) groups is 2. The number of amides is 1. The van der Waals surface area contributed by atoms with Crippen LogP contribution in [0.15, 0.2) is 46.6 Å². The molecule has 3 rings (SSSR count). The van der Waals surface area contributed by atoms with Crippen LogP contribution < -0.4 is 14.8 Å². The van der Waals surface area contributed by atoms with Crippen molar-refractivity contribution < 1.29 is 24.2 Å². The Labute approximate surface area is 194 Å². The molecule has 8 nitrogen and oxygen atoms in total. The second-order valence-corrected chi connectivity index (χ2v) is 8.42. The Morgan fingerprint density at radius 2 is 2.09 bits per heavy atom. The molecule has 1 aliphatic heterocycles. The number of carbonyl (C=O) groups excluding carboxylic acids is 1. The summed E-state index contributed by atoms with van der Waals surface area (Å²) in [5, 5.41) is 19.2. The molecule has 1 amide bonds. The maximum Gasteiger partial charge on any atom is 0.305 e. The zero-order valence-electron chi connectivity index (χ0n) is 17.5. The highest BCUT2D eigenvalue weighted by molar-refractivity contribution is 8.15. The van der Waals surface area contributed by atoms with Gasteiger partial charge in [0.2, 0.25) is 5.91 Å². The third-order valence-corrected chi connectivity index (χ3v) is 5.81. The van der Waals surface area contributed by atoms with Crippen LogP contribution in [-0.2, 0) is 16.2 Å². The third-order valence-electron chi connectivity index (χ3n) is 4.46. The fraction of sp³-hybridized carbons (Fsp3) is 0.273. The quantitative estimate of drug-likeness (QED) is 0.418. The first-order valence-corrected chi connectivity index (χ1v) is 11.1. The lowest BCUT2D eigenvalue weighted by atomic mass is 10.1. The number of amidine groups is 1. The molecule has 10 heteroatoms. The first-order chi connectivity index (χ1) is 15.4. The van der Waals surface area contributed by atoms with Gasteiger partial charge < -0.3 is 19.9 Å². The summed E-state index contributed by atoms with van der Waals surface area (Å²) in [5.41, 5.74) is 2.79. The Balaban J connectivity index is 1.73. The van der Waals surface area contributed by atoms with Gasteiger partial charge in [0, 0.05) is 5.56 Å². The second kappa shape index (κ2) is 11.0. The highest BCUT2D eigenvalue weighted by Gasteiger charge is 2.32. The molecule has 32 heavy (non-hydrogen) atoms. The fourth-order valence-electron chi connectivity index (χ4n) is 2.88. The minimum atomic E-state index is -1.05. The number of nitrogens with one attached hydrogen (secondary N) is 1. The lowest BCUT2D eigenvalue weighted by molar-refractivity contribution is -0.138. The molecule has 0 radical (unpaired) electrons. The molecule has 0 bridgehead atoms. The van der Waals surface area contributed by atoms with Gasteiger partial charge in [-0.1, -0.05) is 47.6 Å². The van der Waals surface area contributed by atoms with Crippen LogP contribution >= 0.6 is 23.4 Å². The van der Waals surface area contributed by atoms with E-state index in [1.807, 2.05) is 38.1 Å². The summed E-state index contributed by atoms with van der Waals surface area (Å²) >= 11 is 7.48. The summed E-state index contributed by atoms with van der Waals surface area (Å²) in [4.78, 5) is 22.6. The molecule has 1 heterocycles. The van der Waals surface area contributed by atoms with Gasteiger partial charge in [0.15, 0.2) is 16.7 Å². The first kappa shape index (κ1) is 23.6. The summed E-state index contributed by atoms with van der Waals surface area (Å²) in [6, 6.07) is 11.3. The number of halogens is 1. The van der Waals surface area contributed by atoms with Crippen molar-refractivity contribution in [2.45, 2.75) is 32.1 Å². The van der Waals surface area contributed by atoms with Crippen LogP contribution in [-0.4, -0.2) is 40.2 Å². The lowest BCUT2D eigenvalue weighted by Gasteiger charge is -2.15. The van der Waals surface area contributed by atoms with E-state index in [1.54, 1.807) is 12.1 Å². The molecule has 1 unspecified atom stereocenters. The average molecular weight is 476 g/mol. The van der Waals surface area contributed by atoms with Gasteiger partial charge in [-0.25, -0.2) is 0 Å². The van der Waals surface area contributed by atoms with Crippen molar-refractivity contribution in [1.29, 1.82) is 0 Å². The van der Waals surface area contributed by atoms with Crippen molar-refractivity contribution in [3.63, 3.8) is 0 Å². The van der Waals surface area contributed by atoms with Gasteiger partial charge in [0.1, 0.15) is 11.9 Å². The monoisotopic (exact) mass is 475 g/mol. The van der Waals surface area contributed by atoms with Gasteiger partial charge >= 0.3 is 5.97 Å². The van der Waals surface area contributed by atoms with E-state index in [-0.39, 0.29) is 11.6 Å². The van der Waals surface area contributed by atoms with Crippen molar-refractivity contribution in [2.75, 3.05) is 6.61 Å². The summed E-state index contributed by atoms with van der Waals surface area (Å²) in [6.07, 6.45) is 1.18. The third kappa shape index (κ3) is 6.24. The fourth-order valence-corrected chi connectivity index (χ4v) is 4.07. The topological polar surface area (TPSA) is 110 Å². The van der Waals surface area contributed by atoms with Crippen molar-refractivity contribution in [3.05, 3.63) is 58.1 Å². The van der Waals surface area contributed by atoms with Crippen molar-refractivity contribution in [3.8, 4) is 11.5 Å². The SMILES string of the molecule is CCOc1cc(/C=N/N=C2\NC(=O)C(CC(=O)O)S2)cc(Cl)c1OCc1ccccc1C. The molecule has 2 aromatic carbocycles. The molecule has 1 atom stereocenters. The average Bonchev–Trinajstić information content (AvgIpc) is 3.07. The molecule has 1 fully saturated rings. The summed E-state index contributed by atoms with van der Waals surface area (Å²) in [5.74, 6) is -0.531. The van der Waals surface area contributed by atoms with Gasteiger partial charge in [-0.05, 0) is 37.1 Å². The molecule has 168 valence electrons. The maximum absolute atomic E-state index is 11.8. The van der Waals surface area contributed by atoms with Gasteiger partial charge in [-0.2, -0.15) is 5.10 Å². The molecular weight excluding hydrogens is 454 g/mol. The number of benzene rings is 2. The van der Waals surface area contributed by atoms with E-state index >= 15 is 0 Å². The highest BCUT2D eigenvalue weighted by Crippen LogP contribution is 2.37. The van der Waals surface area contributed by atoms with E-state index in [0.29, 0.717) is 35.3 Å². The Morgan fingerprint density at radius 1 is 1.31 bits per heavy atom. The predicted molar refractivity (Wildman–Crippen MR) is 125 cm³/mol. The normalized spacial score (nSPS) is 17.0. The molecule has 1 saturated heterocycles. The second-order valence-electron chi connectivity index (χ2n) is 6.82. The van der Waals surface area contributed by atoms with Gasteiger partial charge in [-0.15, -0.1) is 5.10 Å². The van der Waals surface area contributed by atoms with Crippen LogP contribution in [0.3, 0.4) is 0 Å². The van der Waals surface area contributed by atoms with Crippen molar-refractivity contribution in [1.82, 2.24) is 5.32 Å². The number of rotatable bonds is 9. The van der Waals surface area contributed by atoms with E-state index in [2.05, 4.69) is 15.5 Å². The molecular formula is C22H22ClN3O5S. The Morgan fingerprint density at radius 3 is 2.81 bits per heavy atom. The lowest BCUT2D eigenvalue weighted by Crippen LogP contribution is -2.26. The number of carboxylic acid groups (broad SMARTS) is 1. The number of ether oxygens (including phenoxy) is 2. The van der Waals surface area contributed by atoms with Crippen LogP contribution in [0, 0.1) is 6.92 Å². The van der Waals surface area contributed by atoms with Crippen LogP contribution in [0.1, 0.15) is 30.0 Å². The molecule has 0 spiro atoms. The predicted octanol–water partition coefficient (Wildman–Crippen LogP) is 4.02. The summed E-state index contributed by atoms with van der Waals surface area (Å²) in [7, 11) is 0. The highest BCUT2D eigenvalue weighted by atomic mass is 35.5. The number of hydrogen-bond acceptors (Lipinski definition) is 7. The molecule has 0 saturated carbocycles. The molecule has 2 N–H and O–H groups in total. The standard InChI is InChI=1S/C22H22ClN3O5S/c1-3-30-17-9-14(11-24-26-22-25-21(29)18(32-22)10-19(27)28)8-16(23)20(17)31-12-15-7-5-4-6-13(15)2/h4-9,11,18H,3,10,12H2,1-2H3,(H,27,28)(H,25,26,29)/b24-11+. The van der Waals surface area contributed by atoms with E-state index in [1.165, 1.54) is 6.21 Å². The summed E-state index contributed by atoms with van der Waals surface area (Å²) in [6.45, 7) is 4.65. The van der Waals surface area contributed by atoms with Gasteiger partial charge in [-0.3, -0.25) is 9.59 Å². The van der Waals surface area contributed by atoms with Crippen LogP contribution in [0.4, 0.5) is 0 Å². The van der Waals surface area contributed by atoms with E-state index < -0.39 is 17.1 Å². The van der Waals surface area contributed by atoms with Gasteiger partial charge in [0.05, 0.1) is 24.3 Å².